The molecule has 0 radical (unpaired) electrons. The largest absolute Gasteiger partial charge is 0.328 e. The van der Waals surface area contributed by atoms with Crippen LogP contribution in [0.5, 0.6) is 0 Å². The molecule has 0 aliphatic carbocycles. The molecule has 2 aromatic rings. The van der Waals surface area contributed by atoms with Crippen molar-refractivity contribution < 1.29 is 0 Å². The maximum atomic E-state index is 11.5. The number of hydrogen-bond acceptors (Lipinski definition) is 3. The van der Waals surface area contributed by atoms with E-state index in [0.717, 1.165) is 5.69 Å². The number of H-pyrrole nitrogens is 1. The summed E-state index contributed by atoms with van der Waals surface area (Å²) in [6.45, 7) is 0.354. The highest BCUT2D eigenvalue weighted by atomic mass is 127. The molecular weight excluding hydrogens is 323 g/mol. The van der Waals surface area contributed by atoms with Gasteiger partial charge in [-0.3, -0.25) is 19.0 Å². The summed E-state index contributed by atoms with van der Waals surface area (Å²) >= 11 is 1.89. The smallest absolute Gasteiger partial charge is 0.293 e. The fraction of sp³-hybridized carbons (Fsp3) is 0.222. The van der Waals surface area contributed by atoms with Gasteiger partial charge in [0, 0.05) is 19.4 Å². The van der Waals surface area contributed by atoms with Crippen LogP contribution in [0.1, 0.15) is 5.69 Å². The lowest BCUT2D eigenvalue weighted by molar-refractivity contribution is 0.671. The summed E-state index contributed by atoms with van der Waals surface area (Å²) in [6, 6.07) is 1.82. The lowest BCUT2D eigenvalue weighted by atomic mass is 10.4. The lowest BCUT2D eigenvalue weighted by Crippen LogP contribution is -2.31. The van der Waals surface area contributed by atoms with Gasteiger partial charge in [-0.25, -0.2) is 4.79 Å². The van der Waals surface area contributed by atoms with E-state index in [1.54, 1.807) is 10.9 Å². The molecule has 0 saturated carbocycles. The fourth-order valence-corrected chi connectivity index (χ4v) is 1.79. The van der Waals surface area contributed by atoms with Crippen molar-refractivity contribution >= 4 is 22.6 Å². The highest BCUT2D eigenvalue weighted by molar-refractivity contribution is 14.1. The van der Waals surface area contributed by atoms with Gasteiger partial charge < -0.3 is 0 Å². The summed E-state index contributed by atoms with van der Waals surface area (Å²) in [4.78, 5) is 24.9. The minimum absolute atomic E-state index is 0.354. The van der Waals surface area contributed by atoms with Crippen LogP contribution in [0.3, 0.4) is 0 Å². The number of nitrogens with one attached hydrogen (secondary N) is 1. The van der Waals surface area contributed by atoms with Gasteiger partial charge in [0.05, 0.1) is 15.8 Å². The fourth-order valence-electron chi connectivity index (χ4n) is 1.32. The van der Waals surface area contributed by atoms with Crippen molar-refractivity contribution in [1.82, 2.24) is 19.3 Å². The number of aromatic amines is 1. The van der Waals surface area contributed by atoms with E-state index in [0.29, 0.717) is 10.1 Å². The summed E-state index contributed by atoms with van der Waals surface area (Å²) in [6.07, 6.45) is 3.33. The van der Waals surface area contributed by atoms with Crippen LogP contribution in [0.15, 0.2) is 28.0 Å². The number of rotatable bonds is 2. The Morgan fingerprint density at radius 3 is 2.88 bits per heavy atom. The molecule has 0 spiro atoms. The quantitative estimate of drug-likeness (QED) is 0.782. The molecule has 7 heteroatoms. The summed E-state index contributed by atoms with van der Waals surface area (Å²) in [7, 11) is 1.81. The summed E-state index contributed by atoms with van der Waals surface area (Å²) in [5.41, 5.74) is -0.00797. The molecule has 0 bridgehead atoms. The van der Waals surface area contributed by atoms with Crippen LogP contribution in [-0.4, -0.2) is 19.3 Å². The summed E-state index contributed by atoms with van der Waals surface area (Å²) in [5.74, 6) is 0. The first-order chi connectivity index (χ1) is 7.56. The van der Waals surface area contributed by atoms with Crippen molar-refractivity contribution in [1.29, 1.82) is 0 Å². The van der Waals surface area contributed by atoms with Crippen molar-refractivity contribution in [3.63, 3.8) is 0 Å². The molecule has 2 rings (SSSR count). The number of halogens is 1. The van der Waals surface area contributed by atoms with Gasteiger partial charge >= 0.3 is 5.69 Å². The summed E-state index contributed by atoms with van der Waals surface area (Å²) < 4.78 is 3.57. The van der Waals surface area contributed by atoms with Gasteiger partial charge in [0.15, 0.2) is 0 Å². The Morgan fingerprint density at radius 2 is 2.25 bits per heavy atom. The number of nitrogens with zero attached hydrogens (tertiary/aromatic N) is 3. The van der Waals surface area contributed by atoms with Gasteiger partial charge in [0.2, 0.25) is 0 Å². The second kappa shape index (κ2) is 4.24. The van der Waals surface area contributed by atoms with E-state index in [1.165, 1.54) is 10.8 Å². The van der Waals surface area contributed by atoms with Gasteiger partial charge in [0.1, 0.15) is 0 Å². The highest BCUT2D eigenvalue weighted by Crippen LogP contribution is 1.98. The maximum absolute atomic E-state index is 11.5. The van der Waals surface area contributed by atoms with Crippen LogP contribution in [0.2, 0.25) is 0 Å². The first kappa shape index (κ1) is 11.1. The molecule has 0 aliphatic heterocycles. The first-order valence-electron chi connectivity index (χ1n) is 4.54. The predicted octanol–water partition coefficient (Wildman–Crippen LogP) is -0.0770. The lowest BCUT2D eigenvalue weighted by Gasteiger charge is -2.02. The Bertz CT molecular complexity index is 625. The van der Waals surface area contributed by atoms with Crippen molar-refractivity contribution in [2.45, 2.75) is 6.54 Å². The number of aryl methyl sites for hydroxylation is 1. The second-order valence-corrected chi connectivity index (χ2v) is 4.51. The molecule has 0 fully saturated rings. The first-order valence-corrected chi connectivity index (χ1v) is 5.62. The zero-order valence-electron chi connectivity index (χ0n) is 8.48. The Labute approximate surface area is 104 Å². The van der Waals surface area contributed by atoms with E-state index < -0.39 is 5.69 Å². The molecule has 6 nitrogen and oxygen atoms in total. The van der Waals surface area contributed by atoms with Crippen LogP contribution >= 0.6 is 22.6 Å². The SMILES string of the molecule is Cn1ccc(Cn2cc(I)c(=O)[nH]c2=O)n1. The molecule has 16 heavy (non-hydrogen) atoms. The molecule has 84 valence electrons. The molecule has 0 atom stereocenters. The molecule has 2 heterocycles. The highest BCUT2D eigenvalue weighted by Gasteiger charge is 2.04. The Hall–Kier alpha value is -1.38. The van der Waals surface area contributed by atoms with Crippen LogP contribution < -0.4 is 11.2 Å². The zero-order chi connectivity index (χ0) is 11.7. The van der Waals surface area contributed by atoms with Crippen molar-refractivity contribution in [2.75, 3.05) is 0 Å². The van der Waals surface area contributed by atoms with E-state index in [-0.39, 0.29) is 5.56 Å². The van der Waals surface area contributed by atoms with E-state index >= 15 is 0 Å². The van der Waals surface area contributed by atoms with E-state index in [4.69, 9.17) is 0 Å². The van der Waals surface area contributed by atoms with Gasteiger partial charge in [-0.15, -0.1) is 0 Å². The standard InChI is InChI=1S/C9H9IN4O2/c1-13-3-2-6(12-13)4-14-5-7(10)8(15)11-9(14)16/h2-3,5H,4H2,1H3,(H,11,15,16). The molecule has 2 aromatic heterocycles. The number of hydrogen-bond donors (Lipinski definition) is 1. The van der Waals surface area contributed by atoms with Gasteiger partial charge in [-0.2, -0.15) is 5.10 Å². The van der Waals surface area contributed by atoms with Crippen molar-refractivity contribution in [3.8, 4) is 0 Å². The van der Waals surface area contributed by atoms with Crippen LogP contribution in [0, 0.1) is 3.57 Å². The minimum atomic E-state index is -0.420. The molecule has 0 aromatic carbocycles. The van der Waals surface area contributed by atoms with Crippen LogP contribution in [0.25, 0.3) is 0 Å². The maximum Gasteiger partial charge on any atom is 0.328 e. The Morgan fingerprint density at radius 1 is 1.50 bits per heavy atom. The van der Waals surface area contributed by atoms with E-state index in [9.17, 15) is 9.59 Å². The zero-order valence-corrected chi connectivity index (χ0v) is 10.6. The second-order valence-electron chi connectivity index (χ2n) is 3.34. The summed E-state index contributed by atoms with van der Waals surface area (Å²) in [5, 5.41) is 4.16. The average Bonchev–Trinajstić information content (AvgIpc) is 2.60. The molecule has 0 aliphatic rings. The molecule has 0 unspecified atom stereocenters. The van der Waals surface area contributed by atoms with Crippen LogP contribution in [0.4, 0.5) is 0 Å². The Kier molecular flexibility index (Phi) is 2.95. The van der Waals surface area contributed by atoms with E-state index in [1.807, 2.05) is 35.7 Å². The normalized spacial score (nSPS) is 10.6. The average molecular weight is 332 g/mol. The van der Waals surface area contributed by atoms with Crippen LogP contribution in [-0.2, 0) is 13.6 Å². The third-order valence-electron chi connectivity index (χ3n) is 2.07. The molecule has 0 saturated heterocycles. The monoisotopic (exact) mass is 332 g/mol. The third kappa shape index (κ3) is 2.23. The molecule has 0 amide bonds. The Balaban J connectivity index is 2.39. The van der Waals surface area contributed by atoms with Crippen molar-refractivity contribution in [2.24, 2.45) is 7.05 Å². The van der Waals surface area contributed by atoms with Gasteiger partial charge in [-0.05, 0) is 28.7 Å². The van der Waals surface area contributed by atoms with Gasteiger partial charge in [0.25, 0.3) is 5.56 Å². The number of aromatic nitrogens is 4. The van der Waals surface area contributed by atoms with E-state index in [2.05, 4.69) is 10.1 Å². The minimum Gasteiger partial charge on any atom is -0.293 e. The topological polar surface area (TPSA) is 72.7 Å². The molecular formula is C9H9IN4O2. The van der Waals surface area contributed by atoms with Crippen molar-refractivity contribution in [3.05, 3.63) is 48.6 Å². The molecule has 1 N–H and O–H groups in total. The van der Waals surface area contributed by atoms with Gasteiger partial charge in [-0.1, -0.05) is 0 Å². The predicted molar refractivity (Wildman–Crippen MR) is 66.3 cm³/mol. The third-order valence-corrected chi connectivity index (χ3v) is 2.84.